The molecular formula is C26H32N4O8. The summed E-state index contributed by atoms with van der Waals surface area (Å²) in [6.45, 7) is 8.81. The van der Waals surface area contributed by atoms with Crippen molar-refractivity contribution in [1.82, 2.24) is 9.97 Å². The predicted molar refractivity (Wildman–Crippen MR) is 137 cm³/mol. The van der Waals surface area contributed by atoms with E-state index in [4.69, 9.17) is 28.4 Å². The maximum atomic E-state index is 12.8. The molecule has 2 amide bonds. The average Bonchev–Trinajstić information content (AvgIpc) is 2.92. The van der Waals surface area contributed by atoms with Crippen molar-refractivity contribution in [1.29, 1.82) is 0 Å². The topological polar surface area (TPSA) is 139 Å². The Morgan fingerprint density at radius 1 is 0.684 bits per heavy atom. The van der Waals surface area contributed by atoms with Crippen LogP contribution in [0.5, 0.6) is 0 Å². The number of hydrogen-bond donors (Lipinski definition) is 2. The highest BCUT2D eigenvalue weighted by atomic mass is 16.6. The van der Waals surface area contributed by atoms with Gasteiger partial charge in [-0.1, -0.05) is 13.2 Å². The first-order valence-corrected chi connectivity index (χ1v) is 12.0. The van der Waals surface area contributed by atoms with Crippen LogP contribution < -0.4 is 10.6 Å². The van der Waals surface area contributed by atoms with E-state index in [0.29, 0.717) is 11.4 Å². The fourth-order valence-corrected chi connectivity index (χ4v) is 3.19. The SMILES string of the molecule is C=C1OCCOCCO[C@@H](C(=O)Nc2cccnc2)C(=C)OCCOCCO[C@H]1C(=O)Nc1cccnc1. The highest BCUT2D eigenvalue weighted by Crippen LogP contribution is 2.13. The summed E-state index contributed by atoms with van der Waals surface area (Å²) in [5.74, 6) is -0.665. The van der Waals surface area contributed by atoms with Crippen molar-refractivity contribution in [3.8, 4) is 0 Å². The first kappa shape index (κ1) is 28.7. The van der Waals surface area contributed by atoms with Crippen molar-refractivity contribution in [3.05, 3.63) is 73.7 Å². The summed E-state index contributed by atoms with van der Waals surface area (Å²) in [7, 11) is 0. The van der Waals surface area contributed by atoms with Crippen molar-refractivity contribution in [2.75, 3.05) is 63.5 Å². The zero-order valence-electron chi connectivity index (χ0n) is 21.0. The molecule has 1 fully saturated rings. The second kappa shape index (κ2) is 16.1. The van der Waals surface area contributed by atoms with E-state index in [2.05, 4.69) is 33.8 Å². The lowest BCUT2D eigenvalue weighted by atomic mass is 10.2. The normalized spacial score (nSPS) is 20.6. The summed E-state index contributed by atoms with van der Waals surface area (Å²) in [4.78, 5) is 33.5. The molecule has 204 valence electrons. The van der Waals surface area contributed by atoms with Gasteiger partial charge < -0.3 is 39.1 Å². The van der Waals surface area contributed by atoms with E-state index in [1.54, 1.807) is 36.7 Å². The van der Waals surface area contributed by atoms with Gasteiger partial charge in [0.15, 0.2) is 12.2 Å². The van der Waals surface area contributed by atoms with Crippen LogP contribution in [0.3, 0.4) is 0 Å². The molecule has 2 aromatic heterocycles. The van der Waals surface area contributed by atoms with Crippen LogP contribution in [0.2, 0.25) is 0 Å². The molecule has 1 saturated heterocycles. The van der Waals surface area contributed by atoms with Crippen LogP contribution in [0.15, 0.2) is 73.7 Å². The Balaban J connectivity index is 1.54. The van der Waals surface area contributed by atoms with E-state index < -0.39 is 24.0 Å². The van der Waals surface area contributed by atoms with Crippen molar-refractivity contribution in [2.45, 2.75) is 12.2 Å². The molecule has 0 saturated carbocycles. The van der Waals surface area contributed by atoms with Gasteiger partial charge in [-0.25, -0.2) is 0 Å². The molecule has 0 unspecified atom stereocenters. The zero-order chi connectivity index (χ0) is 27.0. The number of ether oxygens (including phenoxy) is 6. The number of carbonyl (C=O) groups excluding carboxylic acids is 2. The van der Waals surface area contributed by atoms with E-state index in [1.165, 1.54) is 12.4 Å². The zero-order valence-corrected chi connectivity index (χ0v) is 21.0. The lowest BCUT2D eigenvalue weighted by molar-refractivity contribution is -0.131. The molecule has 3 rings (SSSR count). The van der Waals surface area contributed by atoms with Crippen molar-refractivity contribution >= 4 is 23.2 Å². The molecule has 1 aliphatic heterocycles. The fraction of sp³-hybridized carbons (Fsp3) is 0.385. The third-order valence-electron chi connectivity index (χ3n) is 4.97. The number of rotatable bonds is 4. The second-order valence-electron chi connectivity index (χ2n) is 7.82. The van der Waals surface area contributed by atoms with Gasteiger partial charge in [-0.05, 0) is 24.3 Å². The smallest absolute Gasteiger partial charge is 0.261 e. The van der Waals surface area contributed by atoms with E-state index >= 15 is 0 Å². The minimum absolute atomic E-state index is 0.0875. The molecule has 12 heteroatoms. The maximum Gasteiger partial charge on any atom is 0.261 e. The molecule has 12 nitrogen and oxygen atoms in total. The summed E-state index contributed by atoms with van der Waals surface area (Å²) < 4.78 is 33.6. The highest BCUT2D eigenvalue weighted by Gasteiger charge is 2.26. The Bertz CT molecular complexity index is 955. The van der Waals surface area contributed by atoms with Gasteiger partial charge in [0.25, 0.3) is 11.8 Å². The van der Waals surface area contributed by atoms with Crippen molar-refractivity contribution < 1.29 is 38.0 Å². The van der Waals surface area contributed by atoms with Gasteiger partial charge in [-0.3, -0.25) is 19.6 Å². The summed E-state index contributed by atoms with van der Waals surface area (Å²) in [5.41, 5.74) is 1.02. The minimum atomic E-state index is -1.07. The molecule has 0 spiro atoms. The predicted octanol–water partition coefficient (Wildman–Crippen LogP) is 1.93. The molecule has 3 heterocycles. The van der Waals surface area contributed by atoms with Gasteiger partial charge >= 0.3 is 0 Å². The Kier molecular flexibility index (Phi) is 12.2. The highest BCUT2D eigenvalue weighted by molar-refractivity contribution is 5.96. The summed E-state index contributed by atoms with van der Waals surface area (Å²) in [5, 5.41) is 5.44. The number of aromatic nitrogens is 2. The Hall–Kier alpha value is -3.84. The number of pyridine rings is 2. The van der Waals surface area contributed by atoms with Gasteiger partial charge in [0.1, 0.15) is 24.7 Å². The van der Waals surface area contributed by atoms with Gasteiger partial charge in [0, 0.05) is 12.4 Å². The standard InChI is InChI=1S/C26H32N4O8/c1-19-23(25(31)29-21-5-3-7-27-17-21)37-15-11-34-10-14-36-20(2)24(38-16-12-33-9-13-35-19)26(32)30-22-6-4-8-28-18-22/h3-8,17-18,23-24H,1-2,9-16H2,(H,29,31)(H,30,32)/t23-,24-/m1/s1. The van der Waals surface area contributed by atoms with Crippen LogP contribution in [-0.4, -0.2) is 86.8 Å². The van der Waals surface area contributed by atoms with Crippen molar-refractivity contribution in [3.63, 3.8) is 0 Å². The van der Waals surface area contributed by atoms with Crippen LogP contribution in [-0.2, 0) is 38.0 Å². The third-order valence-corrected chi connectivity index (χ3v) is 4.97. The molecule has 2 N–H and O–H groups in total. The lowest BCUT2D eigenvalue weighted by Crippen LogP contribution is -2.35. The van der Waals surface area contributed by atoms with E-state index in [1.807, 2.05) is 0 Å². The Morgan fingerprint density at radius 2 is 1.11 bits per heavy atom. The van der Waals surface area contributed by atoms with Crippen LogP contribution in [0, 0.1) is 0 Å². The van der Waals surface area contributed by atoms with E-state index in [-0.39, 0.29) is 64.4 Å². The third kappa shape index (κ3) is 9.90. The number of amides is 2. The second-order valence-corrected chi connectivity index (χ2v) is 7.82. The Labute approximate surface area is 220 Å². The largest absolute Gasteiger partial charge is 0.493 e. The number of nitrogens with zero attached hydrogens (tertiary/aromatic N) is 2. The van der Waals surface area contributed by atoms with E-state index in [0.717, 1.165) is 0 Å². The summed E-state index contributed by atoms with van der Waals surface area (Å²) in [6.07, 6.45) is 4.09. The van der Waals surface area contributed by atoms with Gasteiger partial charge in [-0.15, -0.1) is 0 Å². The molecular weight excluding hydrogens is 496 g/mol. The maximum absolute atomic E-state index is 12.8. The number of nitrogens with one attached hydrogen (secondary N) is 2. The molecule has 2 aromatic rings. The van der Waals surface area contributed by atoms with Gasteiger partial charge in [0.2, 0.25) is 0 Å². The monoisotopic (exact) mass is 528 g/mol. The molecule has 1 aliphatic rings. The first-order valence-electron chi connectivity index (χ1n) is 12.0. The molecule has 38 heavy (non-hydrogen) atoms. The summed E-state index contributed by atoms with van der Waals surface area (Å²) >= 11 is 0. The molecule has 0 aromatic carbocycles. The van der Waals surface area contributed by atoms with Crippen LogP contribution in [0.25, 0.3) is 0 Å². The Morgan fingerprint density at radius 3 is 1.50 bits per heavy atom. The molecule has 2 atom stereocenters. The van der Waals surface area contributed by atoms with E-state index in [9.17, 15) is 9.59 Å². The fourth-order valence-electron chi connectivity index (χ4n) is 3.19. The molecule has 0 radical (unpaired) electrons. The van der Waals surface area contributed by atoms with Crippen molar-refractivity contribution in [2.24, 2.45) is 0 Å². The lowest BCUT2D eigenvalue weighted by Gasteiger charge is -2.22. The quantitative estimate of drug-likeness (QED) is 0.605. The average molecular weight is 529 g/mol. The number of anilines is 2. The molecule has 0 bridgehead atoms. The van der Waals surface area contributed by atoms with Crippen LogP contribution in [0.4, 0.5) is 11.4 Å². The summed E-state index contributed by atoms with van der Waals surface area (Å²) in [6, 6.07) is 6.81. The van der Waals surface area contributed by atoms with Gasteiger partial charge in [-0.2, -0.15) is 0 Å². The van der Waals surface area contributed by atoms with Crippen LogP contribution >= 0.6 is 0 Å². The minimum Gasteiger partial charge on any atom is -0.493 e. The van der Waals surface area contributed by atoms with Gasteiger partial charge in [0.05, 0.1) is 63.4 Å². The first-order chi connectivity index (χ1) is 18.5. The van der Waals surface area contributed by atoms with Crippen LogP contribution in [0.1, 0.15) is 0 Å². The number of hydrogen-bond acceptors (Lipinski definition) is 10. The molecule has 0 aliphatic carbocycles. The number of carbonyl (C=O) groups is 2.